The third-order valence-corrected chi connectivity index (χ3v) is 2.21. The summed E-state index contributed by atoms with van der Waals surface area (Å²) in [6.45, 7) is 1.94. The molecule has 16 heavy (non-hydrogen) atoms. The Morgan fingerprint density at radius 1 is 1.69 bits per heavy atom. The van der Waals surface area contributed by atoms with E-state index in [4.69, 9.17) is 10.5 Å². The minimum Gasteiger partial charge on any atom is -0.494 e. The second-order valence-electron chi connectivity index (χ2n) is 3.19. The van der Waals surface area contributed by atoms with Gasteiger partial charge >= 0.3 is 5.97 Å². The molecule has 4 N–H and O–H groups in total. The van der Waals surface area contributed by atoms with Crippen LogP contribution in [-0.2, 0) is 4.74 Å². The minimum absolute atomic E-state index is 0.0888. The number of fused-ring (bicyclic) bond motifs is 1. The van der Waals surface area contributed by atoms with Crippen LogP contribution in [-0.4, -0.2) is 27.7 Å². The van der Waals surface area contributed by atoms with E-state index in [2.05, 4.69) is 9.97 Å². The lowest BCUT2D eigenvalue weighted by molar-refractivity contribution is 0.0525. The number of nitrogen functional groups attached to an aromatic ring is 1. The van der Waals surface area contributed by atoms with Gasteiger partial charge in [0.25, 0.3) is 0 Å². The first-order valence-corrected chi connectivity index (χ1v) is 4.77. The van der Waals surface area contributed by atoms with E-state index in [1.807, 2.05) is 0 Å². The number of anilines is 1. The first-order chi connectivity index (χ1) is 7.65. The van der Waals surface area contributed by atoms with E-state index in [1.54, 1.807) is 13.0 Å². The first-order valence-electron chi connectivity index (χ1n) is 4.77. The molecule has 0 saturated carbocycles. The molecule has 0 aliphatic carbocycles. The lowest BCUT2D eigenvalue weighted by Crippen LogP contribution is -2.04. The van der Waals surface area contributed by atoms with Crippen LogP contribution in [0.25, 0.3) is 10.9 Å². The summed E-state index contributed by atoms with van der Waals surface area (Å²) in [5, 5.41) is 10.1. The zero-order valence-electron chi connectivity index (χ0n) is 8.65. The largest absolute Gasteiger partial charge is 0.494 e. The molecule has 0 radical (unpaired) electrons. The standard InChI is InChI=1S/C10H11N3O3/c1-2-16-10(15)6-5-3-4-12-8(11)7(5)13-9(6)14/h3-4,13-14H,2H2,1H3,(H2,11,12). The highest BCUT2D eigenvalue weighted by Gasteiger charge is 2.20. The Balaban J connectivity index is 2.65. The van der Waals surface area contributed by atoms with E-state index in [1.165, 1.54) is 6.20 Å². The highest BCUT2D eigenvalue weighted by atomic mass is 16.5. The van der Waals surface area contributed by atoms with E-state index in [0.717, 1.165) is 0 Å². The van der Waals surface area contributed by atoms with Gasteiger partial charge in [-0.3, -0.25) is 0 Å². The molecule has 0 saturated heterocycles. The number of hydrogen-bond donors (Lipinski definition) is 3. The van der Waals surface area contributed by atoms with Gasteiger partial charge < -0.3 is 20.6 Å². The number of nitrogens with one attached hydrogen (secondary N) is 1. The second kappa shape index (κ2) is 3.73. The van der Waals surface area contributed by atoms with Crippen molar-refractivity contribution in [2.45, 2.75) is 6.92 Å². The maximum absolute atomic E-state index is 11.6. The van der Waals surface area contributed by atoms with Crippen LogP contribution in [0.1, 0.15) is 17.3 Å². The summed E-state index contributed by atoms with van der Waals surface area (Å²) in [6, 6.07) is 1.59. The van der Waals surface area contributed by atoms with Crippen molar-refractivity contribution in [1.29, 1.82) is 0 Å². The van der Waals surface area contributed by atoms with Gasteiger partial charge in [0.2, 0.25) is 5.88 Å². The van der Waals surface area contributed by atoms with Gasteiger partial charge in [-0.2, -0.15) is 0 Å². The van der Waals surface area contributed by atoms with Crippen molar-refractivity contribution in [2.75, 3.05) is 12.3 Å². The average Bonchev–Trinajstić information content (AvgIpc) is 2.56. The van der Waals surface area contributed by atoms with Crippen molar-refractivity contribution >= 4 is 22.7 Å². The lowest BCUT2D eigenvalue weighted by Gasteiger charge is -2.00. The lowest BCUT2D eigenvalue weighted by atomic mass is 10.2. The molecule has 0 aliphatic heterocycles. The van der Waals surface area contributed by atoms with Gasteiger partial charge in [-0.15, -0.1) is 0 Å². The number of esters is 1. The number of rotatable bonds is 2. The molecule has 2 heterocycles. The number of aromatic amines is 1. The molecule has 0 spiro atoms. The van der Waals surface area contributed by atoms with Gasteiger partial charge in [0, 0.05) is 11.6 Å². The number of aromatic nitrogens is 2. The summed E-state index contributed by atoms with van der Waals surface area (Å²) in [4.78, 5) is 18.0. The molecule has 0 amide bonds. The van der Waals surface area contributed by atoms with Crippen LogP contribution >= 0.6 is 0 Å². The molecule has 2 aromatic heterocycles. The molecule has 0 aromatic carbocycles. The molecule has 0 bridgehead atoms. The molecular formula is C10H11N3O3. The van der Waals surface area contributed by atoms with Crippen LogP contribution in [0.4, 0.5) is 5.82 Å². The fourth-order valence-electron chi connectivity index (χ4n) is 1.54. The maximum atomic E-state index is 11.6. The zero-order chi connectivity index (χ0) is 11.7. The summed E-state index contributed by atoms with van der Waals surface area (Å²) < 4.78 is 4.83. The topological polar surface area (TPSA) is 101 Å². The van der Waals surface area contributed by atoms with Crippen LogP contribution < -0.4 is 5.73 Å². The molecule has 0 aliphatic rings. The number of nitrogens with zero attached hydrogens (tertiary/aromatic N) is 1. The number of carbonyl (C=O) groups is 1. The normalized spacial score (nSPS) is 10.6. The summed E-state index contributed by atoms with van der Waals surface area (Å²) >= 11 is 0. The van der Waals surface area contributed by atoms with Crippen molar-refractivity contribution in [3.8, 4) is 5.88 Å². The van der Waals surface area contributed by atoms with Crippen molar-refractivity contribution in [2.24, 2.45) is 0 Å². The number of nitrogens with two attached hydrogens (primary N) is 1. The first kappa shape index (κ1) is 10.3. The summed E-state index contributed by atoms with van der Waals surface area (Å²) in [5.74, 6) is -0.617. The van der Waals surface area contributed by atoms with E-state index in [-0.39, 0.29) is 23.9 Å². The Labute approximate surface area is 91.0 Å². The van der Waals surface area contributed by atoms with Gasteiger partial charge in [-0.25, -0.2) is 9.78 Å². The Morgan fingerprint density at radius 2 is 2.44 bits per heavy atom. The number of carbonyl (C=O) groups excluding carboxylic acids is 1. The summed E-state index contributed by atoms with van der Waals surface area (Å²) in [5.41, 5.74) is 6.13. The molecule has 0 fully saturated rings. The van der Waals surface area contributed by atoms with Gasteiger partial charge in [0.1, 0.15) is 11.4 Å². The molecule has 6 heteroatoms. The SMILES string of the molecule is CCOC(=O)c1c(O)[nH]c2c(N)nccc12. The Morgan fingerprint density at radius 3 is 3.12 bits per heavy atom. The Hall–Kier alpha value is -2.24. The third kappa shape index (κ3) is 1.44. The molecule has 2 rings (SSSR count). The number of H-pyrrole nitrogens is 1. The molecule has 6 nitrogen and oxygen atoms in total. The number of hydrogen-bond acceptors (Lipinski definition) is 5. The van der Waals surface area contributed by atoms with Crippen LogP contribution in [0.15, 0.2) is 12.3 Å². The van der Waals surface area contributed by atoms with E-state index in [9.17, 15) is 9.90 Å². The van der Waals surface area contributed by atoms with Crippen LogP contribution in [0, 0.1) is 0 Å². The molecule has 0 atom stereocenters. The van der Waals surface area contributed by atoms with Crippen molar-refractivity contribution in [3.63, 3.8) is 0 Å². The number of pyridine rings is 1. The summed E-state index contributed by atoms with van der Waals surface area (Å²) in [6.07, 6.45) is 1.47. The third-order valence-electron chi connectivity index (χ3n) is 2.21. The van der Waals surface area contributed by atoms with Crippen LogP contribution in [0.3, 0.4) is 0 Å². The average molecular weight is 221 g/mol. The second-order valence-corrected chi connectivity index (χ2v) is 3.19. The highest BCUT2D eigenvalue weighted by Crippen LogP contribution is 2.29. The Bertz CT molecular complexity index is 547. The van der Waals surface area contributed by atoms with Crippen molar-refractivity contribution in [1.82, 2.24) is 9.97 Å². The fourth-order valence-corrected chi connectivity index (χ4v) is 1.54. The zero-order valence-corrected chi connectivity index (χ0v) is 8.65. The quantitative estimate of drug-likeness (QED) is 0.657. The van der Waals surface area contributed by atoms with Gasteiger partial charge in [-0.05, 0) is 13.0 Å². The van der Waals surface area contributed by atoms with Crippen LogP contribution in [0.2, 0.25) is 0 Å². The molecule has 84 valence electrons. The van der Waals surface area contributed by atoms with E-state index in [0.29, 0.717) is 10.9 Å². The van der Waals surface area contributed by atoms with Gasteiger partial charge in [-0.1, -0.05) is 0 Å². The monoisotopic (exact) mass is 221 g/mol. The van der Waals surface area contributed by atoms with Gasteiger partial charge in [0.15, 0.2) is 0 Å². The minimum atomic E-state index is -0.586. The van der Waals surface area contributed by atoms with Crippen molar-refractivity contribution < 1.29 is 14.6 Å². The van der Waals surface area contributed by atoms with Crippen molar-refractivity contribution in [3.05, 3.63) is 17.8 Å². The molecular weight excluding hydrogens is 210 g/mol. The smallest absolute Gasteiger partial charge is 0.344 e. The van der Waals surface area contributed by atoms with E-state index < -0.39 is 5.97 Å². The molecule has 0 unspecified atom stereocenters. The van der Waals surface area contributed by atoms with Crippen LogP contribution in [0.5, 0.6) is 5.88 Å². The molecule has 2 aromatic rings. The van der Waals surface area contributed by atoms with Gasteiger partial charge in [0.05, 0.1) is 12.1 Å². The highest BCUT2D eigenvalue weighted by molar-refractivity contribution is 6.08. The maximum Gasteiger partial charge on any atom is 0.344 e. The number of ether oxygens (including phenoxy) is 1. The van der Waals surface area contributed by atoms with E-state index >= 15 is 0 Å². The number of aromatic hydroxyl groups is 1. The predicted molar refractivity (Wildman–Crippen MR) is 58.1 cm³/mol. The Kier molecular flexibility index (Phi) is 2.40. The predicted octanol–water partition coefficient (Wildman–Crippen LogP) is 1.03. The summed E-state index contributed by atoms with van der Waals surface area (Å²) in [7, 11) is 0. The fraction of sp³-hybridized carbons (Fsp3) is 0.200.